The van der Waals surface area contributed by atoms with Crippen molar-refractivity contribution >= 4 is 17.1 Å². The molecule has 0 aliphatic heterocycles. The second kappa shape index (κ2) is 13.8. The Morgan fingerprint density at radius 1 is 0.463 bits per heavy atom. The standard InChI is InChI=1S/C53H53N/c1-53(2)51-32-25-42(47-16-10-9-15-46(47)39-13-7-4-8-14-39)34-50(51)48-31-30-45(35-52(48)53)54(43-26-21-38(22-27-43)37-11-5-3-6-12-37)44-28-23-41(24-29-44)49-33-36-17-19-40(49)20-18-36/h4,7-10,13-16,21-32,34-37,40,49H,3,5-6,11-12,17-20,33H2,1-2H3. The van der Waals surface area contributed by atoms with Gasteiger partial charge in [0.2, 0.25) is 0 Å². The Balaban J connectivity index is 1.03. The Morgan fingerprint density at radius 3 is 1.76 bits per heavy atom. The van der Waals surface area contributed by atoms with E-state index in [2.05, 4.69) is 158 Å². The highest BCUT2D eigenvalue weighted by molar-refractivity contribution is 5.90. The van der Waals surface area contributed by atoms with Gasteiger partial charge in [0, 0.05) is 22.5 Å². The molecule has 0 aromatic heterocycles. The van der Waals surface area contributed by atoms with Crippen molar-refractivity contribution in [2.24, 2.45) is 11.8 Å². The molecule has 1 nitrogen and oxygen atoms in total. The lowest BCUT2D eigenvalue weighted by molar-refractivity contribution is 0.145. The van der Waals surface area contributed by atoms with Crippen LogP contribution < -0.4 is 4.90 Å². The first kappa shape index (κ1) is 33.7. The molecule has 1 unspecified atom stereocenters. The molecule has 270 valence electrons. The smallest absolute Gasteiger partial charge is 0.0465 e. The maximum absolute atomic E-state index is 2.52. The molecule has 0 heterocycles. The Kier molecular flexibility index (Phi) is 8.58. The van der Waals surface area contributed by atoms with E-state index in [1.54, 1.807) is 5.56 Å². The molecule has 11 rings (SSSR count). The molecule has 54 heavy (non-hydrogen) atoms. The summed E-state index contributed by atoms with van der Waals surface area (Å²) >= 11 is 0. The van der Waals surface area contributed by atoms with Crippen LogP contribution in [0.3, 0.4) is 0 Å². The monoisotopic (exact) mass is 703 g/mol. The van der Waals surface area contributed by atoms with E-state index in [-0.39, 0.29) is 5.41 Å². The molecule has 0 saturated heterocycles. The minimum atomic E-state index is -0.112. The first-order chi connectivity index (χ1) is 26.5. The molecule has 0 radical (unpaired) electrons. The summed E-state index contributed by atoms with van der Waals surface area (Å²) in [6.45, 7) is 4.82. The van der Waals surface area contributed by atoms with E-state index < -0.39 is 0 Å². The van der Waals surface area contributed by atoms with E-state index in [1.807, 2.05) is 0 Å². The Bertz CT molecular complexity index is 2260. The predicted molar refractivity (Wildman–Crippen MR) is 228 cm³/mol. The zero-order valence-electron chi connectivity index (χ0n) is 32.1. The highest BCUT2D eigenvalue weighted by Crippen LogP contribution is 2.53. The summed E-state index contributed by atoms with van der Waals surface area (Å²) in [6, 6.07) is 53.5. The van der Waals surface area contributed by atoms with Gasteiger partial charge in [-0.3, -0.25) is 0 Å². The summed E-state index contributed by atoms with van der Waals surface area (Å²) < 4.78 is 0. The fourth-order valence-corrected chi connectivity index (χ4v) is 11.1. The van der Waals surface area contributed by atoms with Crippen molar-refractivity contribution in [3.63, 3.8) is 0 Å². The van der Waals surface area contributed by atoms with Gasteiger partial charge in [-0.05, 0) is 154 Å². The van der Waals surface area contributed by atoms with Crippen molar-refractivity contribution in [1.29, 1.82) is 0 Å². The van der Waals surface area contributed by atoms with E-state index >= 15 is 0 Å². The summed E-state index contributed by atoms with van der Waals surface area (Å²) in [5, 5.41) is 0. The molecule has 2 bridgehead atoms. The second-order valence-corrected chi connectivity index (χ2v) is 17.5. The van der Waals surface area contributed by atoms with Crippen molar-refractivity contribution in [1.82, 2.24) is 0 Å². The molecule has 0 spiro atoms. The normalized spacial score (nSPS) is 21.4. The average Bonchev–Trinajstić information content (AvgIpc) is 3.47. The van der Waals surface area contributed by atoms with Gasteiger partial charge >= 0.3 is 0 Å². The summed E-state index contributed by atoms with van der Waals surface area (Å²) in [5.74, 6) is 3.25. The van der Waals surface area contributed by atoms with Crippen LogP contribution in [0.15, 0.2) is 140 Å². The van der Waals surface area contributed by atoms with Gasteiger partial charge in [-0.1, -0.05) is 143 Å². The van der Waals surface area contributed by atoms with Crippen molar-refractivity contribution in [2.75, 3.05) is 4.90 Å². The van der Waals surface area contributed by atoms with Crippen LogP contribution in [0.4, 0.5) is 17.1 Å². The van der Waals surface area contributed by atoms with Crippen molar-refractivity contribution in [3.05, 3.63) is 162 Å². The molecule has 0 amide bonds. The van der Waals surface area contributed by atoms with Crippen molar-refractivity contribution in [2.45, 2.75) is 95.3 Å². The second-order valence-electron chi connectivity index (χ2n) is 17.5. The van der Waals surface area contributed by atoms with Gasteiger partial charge in [-0.15, -0.1) is 0 Å². The maximum Gasteiger partial charge on any atom is 0.0465 e. The van der Waals surface area contributed by atoms with Crippen LogP contribution in [0.25, 0.3) is 33.4 Å². The van der Waals surface area contributed by atoms with Gasteiger partial charge in [0.05, 0.1) is 0 Å². The van der Waals surface area contributed by atoms with Crippen LogP contribution in [0.2, 0.25) is 0 Å². The van der Waals surface area contributed by atoms with E-state index in [0.717, 1.165) is 17.8 Å². The van der Waals surface area contributed by atoms with Gasteiger partial charge < -0.3 is 4.90 Å². The fourth-order valence-electron chi connectivity index (χ4n) is 11.1. The summed E-state index contributed by atoms with van der Waals surface area (Å²) in [6.07, 6.45) is 13.9. The lowest BCUT2D eigenvalue weighted by Crippen LogP contribution is -2.29. The molecular weight excluding hydrogens is 651 g/mol. The summed E-state index contributed by atoms with van der Waals surface area (Å²) in [5.41, 5.74) is 17.3. The third kappa shape index (κ3) is 5.92. The zero-order chi connectivity index (χ0) is 36.2. The van der Waals surface area contributed by atoms with E-state index in [9.17, 15) is 0 Å². The van der Waals surface area contributed by atoms with E-state index in [4.69, 9.17) is 0 Å². The Labute approximate surface area is 323 Å². The minimum Gasteiger partial charge on any atom is -0.310 e. The lowest BCUT2D eigenvalue weighted by Gasteiger charge is -2.42. The molecular formula is C53H53N. The highest BCUT2D eigenvalue weighted by Gasteiger charge is 2.38. The van der Waals surface area contributed by atoms with Crippen LogP contribution in [0.5, 0.6) is 0 Å². The number of rotatable bonds is 7. The SMILES string of the molecule is CC1(C)c2ccc(-c3ccccc3-c3ccccc3)cc2-c2ccc(N(c3ccc(C4CCCCC4)cc3)c3ccc(C4CC5CCC4CC5)cc3)cc21. The molecule has 5 aliphatic rings. The highest BCUT2D eigenvalue weighted by atomic mass is 15.1. The third-order valence-corrected chi connectivity index (χ3v) is 14.1. The molecule has 1 atom stereocenters. The van der Waals surface area contributed by atoms with Crippen LogP contribution >= 0.6 is 0 Å². The van der Waals surface area contributed by atoms with Crippen molar-refractivity contribution < 1.29 is 0 Å². The average molecular weight is 704 g/mol. The molecule has 0 N–H and O–H groups in total. The molecule has 4 saturated carbocycles. The van der Waals surface area contributed by atoms with Gasteiger partial charge in [-0.25, -0.2) is 0 Å². The number of fused-ring (bicyclic) bond motifs is 6. The number of hydrogen-bond donors (Lipinski definition) is 0. The fraction of sp³-hybridized carbons (Fsp3) is 0.321. The van der Waals surface area contributed by atoms with Crippen LogP contribution in [-0.2, 0) is 5.41 Å². The van der Waals surface area contributed by atoms with Gasteiger partial charge in [0.25, 0.3) is 0 Å². The quantitative estimate of drug-likeness (QED) is 0.160. The van der Waals surface area contributed by atoms with Gasteiger partial charge in [-0.2, -0.15) is 0 Å². The van der Waals surface area contributed by atoms with Crippen LogP contribution in [-0.4, -0.2) is 0 Å². The number of nitrogens with zero attached hydrogens (tertiary/aromatic N) is 1. The van der Waals surface area contributed by atoms with Gasteiger partial charge in [0.15, 0.2) is 0 Å². The molecule has 6 aromatic rings. The zero-order valence-corrected chi connectivity index (χ0v) is 32.1. The third-order valence-electron chi connectivity index (χ3n) is 14.1. The molecule has 4 fully saturated rings. The molecule has 5 aliphatic carbocycles. The largest absolute Gasteiger partial charge is 0.310 e. The van der Waals surface area contributed by atoms with Crippen LogP contribution in [0, 0.1) is 11.8 Å². The Morgan fingerprint density at radius 2 is 1.09 bits per heavy atom. The maximum atomic E-state index is 2.52. The first-order valence-electron chi connectivity index (χ1n) is 21.0. The number of benzene rings is 6. The number of anilines is 3. The van der Waals surface area contributed by atoms with Gasteiger partial charge in [0.1, 0.15) is 0 Å². The first-order valence-corrected chi connectivity index (χ1v) is 21.0. The predicted octanol–water partition coefficient (Wildman–Crippen LogP) is 15.1. The summed E-state index contributed by atoms with van der Waals surface area (Å²) in [7, 11) is 0. The number of hydrogen-bond acceptors (Lipinski definition) is 1. The molecule has 6 aromatic carbocycles. The van der Waals surface area contributed by atoms with E-state index in [0.29, 0.717) is 5.92 Å². The topological polar surface area (TPSA) is 3.24 Å². The van der Waals surface area contributed by atoms with E-state index in [1.165, 1.54) is 131 Å². The van der Waals surface area contributed by atoms with Crippen molar-refractivity contribution in [3.8, 4) is 33.4 Å². The Hall–Kier alpha value is -4.88. The molecule has 1 heteroatoms. The minimum absolute atomic E-state index is 0.112. The summed E-state index contributed by atoms with van der Waals surface area (Å²) in [4.78, 5) is 2.52. The van der Waals surface area contributed by atoms with Crippen LogP contribution in [0.1, 0.15) is 112 Å². The lowest BCUT2D eigenvalue weighted by atomic mass is 9.63.